The van der Waals surface area contributed by atoms with Crippen LogP contribution in [-0.4, -0.2) is 17.4 Å². The molecule has 3 N–H and O–H groups in total. The average Bonchev–Trinajstić information content (AvgIpc) is 2.76. The molecule has 0 aliphatic heterocycles. The molecule has 0 aromatic heterocycles. The van der Waals surface area contributed by atoms with Gasteiger partial charge in [-0.15, -0.1) is 0 Å². The third kappa shape index (κ3) is 3.66. The van der Waals surface area contributed by atoms with E-state index in [0.29, 0.717) is 16.8 Å². The summed E-state index contributed by atoms with van der Waals surface area (Å²) < 4.78 is 0. The van der Waals surface area contributed by atoms with Crippen molar-refractivity contribution in [3.8, 4) is 0 Å². The number of nitrogens with two attached hydrogens (primary N) is 1. The number of amides is 1. The third-order valence-corrected chi connectivity index (χ3v) is 4.40. The highest BCUT2D eigenvalue weighted by atomic mass is 32.1. The molecule has 3 nitrogen and oxygen atoms in total. The monoisotopic (exact) mass is 256 g/mol. The van der Waals surface area contributed by atoms with E-state index in [9.17, 15) is 4.79 Å². The number of nitrogens with one attached hydrogen (secondary N) is 1. The lowest BCUT2D eigenvalue weighted by Crippen LogP contribution is -2.42. The van der Waals surface area contributed by atoms with Gasteiger partial charge in [-0.1, -0.05) is 38.9 Å². The summed E-state index contributed by atoms with van der Waals surface area (Å²) in [6.45, 7) is 4.93. The first-order valence-electron chi connectivity index (χ1n) is 6.61. The Balaban J connectivity index is 2.49. The van der Waals surface area contributed by atoms with E-state index >= 15 is 0 Å². The second kappa shape index (κ2) is 6.34. The van der Waals surface area contributed by atoms with Crippen molar-refractivity contribution in [2.24, 2.45) is 17.1 Å². The molecule has 0 radical (unpaired) electrons. The van der Waals surface area contributed by atoms with E-state index < -0.39 is 0 Å². The van der Waals surface area contributed by atoms with Crippen LogP contribution in [0.1, 0.15) is 52.4 Å². The molecule has 0 aromatic rings. The van der Waals surface area contributed by atoms with Gasteiger partial charge in [-0.05, 0) is 31.1 Å². The van der Waals surface area contributed by atoms with Gasteiger partial charge in [-0.25, -0.2) is 0 Å². The number of rotatable bonds is 6. The summed E-state index contributed by atoms with van der Waals surface area (Å²) in [5, 5.41) is 3.04. The van der Waals surface area contributed by atoms with Gasteiger partial charge in [0.25, 0.3) is 0 Å². The summed E-state index contributed by atoms with van der Waals surface area (Å²) >= 11 is 4.91. The second-order valence-corrected chi connectivity index (χ2v) is 5.61. The number of hydrogen-bond acceptors (Lipinski definition) is 2. The fourth-order valence-electron chi connectivity index (χ4n) is 2.69. The Morgan fingerprint density at radius 1 is 1.41 bits per heavy atom. The van der Waals surface area contributed by atoms with E-state index in [2.05, 4.69) is 12.2 Å². The zero-order chi connectivity index (χ0) is 12.9. The lowest BCUT2D eigenvalue weighted by Gasteiger charge is -2.28. The molecule has 0 aromatic carbocycles. The molecule has 0 spiro atoms. The van der Waals surface area contributed by atoms with Gasteiger partial charge in [0.2, 0.25) is 5.91 Å². The van der Waals surface area contributed by atoms with E-state index in [1.807, 2.05) is 6.92 Å². The Hall–Kier alpha value is -0.640. The zero-order valence-corrected chi connectivity index (χ0v) is 11.7. The lowest BCUT2D eigenvalue weighted by molar-refractivity contribution is -0.123. The van der Waals surface area contributed by atoms with Crippen LogP contribution < -0.4 is 11.1 Å². The van der Waals surface area contributed by atoms with Gasteiger partial charge in [-0.2, -0.15) is 0 Å². The Labute approximate surface area is 110 Å². The van der Waals surface area contributed by atoms with Gasteiger partial charge in [-0.3, -0.25) is 4.79 Å². The van der Waals surface area contributed by atoms with Crippen molar-refractivity contribution in [2.45, 2.75) is 52.4 Å². The van der Waals surface area contributed by atoms with Crippen LogP contribution in [-0.2, 0) is 4.79 Å². The molecule has 0 bridgehead atoms. The molecule has 1 aliphatic carbocycles. The molecule has 0 heterocycles. The first kappa shape index (κ1) is 14.4. The number of carbonyl (C=O) groups is 1. The molecule has 1 saturated carbocycles. The summed E-state index contributed by atoms with van der Waals surface area (Å²) in [4.78, 5) is 12.3. The van der Waals surface area contributed by atoms with Crippen LogP contribution in [0.3, 0.4) is 0 Å². The van der Waals surface area contributed by atoms with E-state index in [-0.39, 0.29) is 11.8 Å². The molecule has 98 valence electrons. The Morgan fingerprint density at radius 2 is 2.00 bits per heavy atom. The SMILES string of the molecule is CCC(C(=O)NCC1(CC)CCCC1)C(N)=S. The number of carbonyl (C=O) groups excluding carboxylic acids is 1. The van der Waals surface area contributed by atoms with Gasteiger partial charge < -0.3 is 11.1 Å². The van der Waals surface area contributed by atoms with Crippen LogP contribution in [0, 0.1) is 11.3 Å². The maximum Gasteiger partial charge on any atom is 0.229 e. The third-order valence-electron chi connectivity index (χ3n) is 4.12. The smallest absolute Gasteiger partial charge is 0.229 e. The maximum absolute atomic E-state index is 12.0. The molecule has 1 atom stereocenters. The highest BCUT2D eigenvalue weighted by Crippen LogP contribution is 2.40. The standard InChI is InChI=1S/C13H24N2OS/c1-3-10(11(14)17)12(16)15-9-13(4-2)7-5-6-8-13/h10H,3-9H2,1-2H3,(H2,14,17)(H,15,16). The minimum Gasteiger partial charge on any atom is -0.393 e. The molecule has 0 saturated heterocycles. The summed E-state index contributed by atoms with van der Waals surface area (Å²) in [7, 11) is 0. The molecule has 1 amide bonds. The summed E-state index contributed by atoms with van der Waals surface area (Å²) in [5.41, 5.74) is 5.89. The molecule has 1 fully saturated rings. The van der Waals surface area contributed by atoms with Crippen molar-refractivity contribution in [3.05, 3.63) is 0 Å². The van der Waals surface area contributed by atoms with E-state index in [1.54, 1.807) is 0 Å². The van der Waals surface area contributed by atoms with Crippen LogP contribution in [0.5, 0.6) is 0 Å². The summed E-state index contributed by atoms with van der Waals surface area (Å²) in [5.74, 6) is -0.306. The fraction of sp³-hybridized carbons (Fsp3) is 0.846. The minimum absolute atomic E-state index is 0.000255. The fourth-order valence-corrected chi connectivity index (χ4v) is 2.97. The molecular weight excluding hydrogens is 232 g/mol. The predicted octanol–water partition coefficient (Wildman–Crippen LogP) is 2.39. The number of hydrogen-bond donors (Lipinski definition) is 2. The van der Waals surface area contributed by atoms with Crippen LogP contribution in [0.15, 0.2) is 0 Å². The van der Waals surface area contributed by atoms with Crippen molar-refractivity contribution in [2.75, 3.05) is 6.54 Å². The normalized spacial score (nSPS) is 19.9. The van der Waals surface area contributed by atoms with Gasteiger partial charge in [0, 0.05) is 6.54 Å². The predicted molar refractivity (Wildman–Crippen MR) is 74.8 cm³/mol. The van der Waals surface area contributed by atoms with Gasteiger partial charge in [0.15, 0.2) is 0 Å². The average molecular weight is 256 g/mol. The van der Waals surface area contributed by atoms with Crippen molar-refractivity contribution in [3.63, 3.8) is 0 Å². The van der Waals surface area contributed by atoms with Crippen molar-refractivity contribution in [1.82, 2.24) is 5.32 Å². The minimum atomic E-state index is -0.305. The van der Waals surface area contributed by atoms with Gasteiger partial charge >= 0.3 is 0 Å². The van der Waals surface area contributed by atoms with E-state index in [4.69, 9.17) is 18.0 Å². The topological polar surface area (TPSA) is 55.1 Å². The van der Waals surface area contributed by atoms with Crippen molar-refractivity contribution >= 4 is 23.1 Å². The van der Waals surface area contributed by atoms with Gasteiger partial charge in [0.05, 0.1) is 10.9 Å². The molecule has 1 aliphatic rings. The Morgan fingerprint density at radius 3 is 2.41 bits per heavy atom. The molecular formula is C13H24N2OS. The lowest BCUT2D eigenvalue weighted by atomic mass is 9.83. The quantitative estimate of drug-likeness (QED) is 0.717. The highest BCUT2D eigenvalue weighted by molar-refractivity contribution is 7.80. The van der Waals surface area contributed by atoms with E-state index in [1.165, 1.54) is 25.7 Å². The molecule has 1 rings (SSSR count). The maximum atomic E-state index is 12.0. The molecule has 17 heavy (non-hydrogen) atoms. The molecule has 4 heteroatoms. The van der Waals surface area contributed by atoms with E-state index in [0.717, 1.165) is 13.0 Å². The first-order chi connectivity index (χ1) is 8.04. The van der Waals surface area contributed by atoms with Crippen molar-refractivity contribution < 1.29 is 4.79 Å². The Bertz CT molecular complexity index is 285. The number of thiocarbonyl (C=S) groups is 1. The van der Waals surface area contributed by atoms with Crippen LogP contribution in [0.25, 0.3) is 0 Å². The second-order valence-electron chi connectivity index (χ2n) is 5.14. The van der Waals surface area contributed by atoms with Crippen LogP contribution in [0.4, 0.5) is 0 Å². The first-order valence-corrected chi connectivity index (χ1v) is 7.02. The zero-order valence-electron chi connectivity index (χ0n) is 10.9. The highest BCUT2D eigenvalue weighted by Gasteiger charge is 2.33. The summed E-state index contributed by atoms with van der Waals surface area (Å²) in [6, 6.07) is 0. The van der Waals surface area contributed by atoms with Crippen LogP contribution >= 0.6 is 12.2 Å². The van der Waals surface area contributed by atoms with Crippen molar-refractivity contribution in [1.29, 1.82) is 0 Å². The van der Waals surface area contributed by atoms with Crippen LogP contribution in [0.2, 0.25) is 0 Å². The summed E-state index contributed by atoms with van der Waals surface area (Å²) in [6.07, 6.45) is 6.85. The largest absolute Gasteiger partial charge is 0.393 e. The Kier molecular flexibility index (Phi) is 5.37. The molecule has 1 unspecified atom stereocenters. The van der Waals surface area contributed by atoms with Gasteiger partial charge in [0.1, 0.15) is 0 Å².